The fourth-order valence-corrected chi connectivity index (χ4v) is 0. The van der Waals surface area contributed by atoms with E-state index >= 15 is 0 Å². The van der Waals surface area contributed by atoms with E-state index in [-0.39, 0.29) is 49.6 Å². The summed E-state index contributed by atoms with van der Waals surface area (Å²) in [5, 5.41) is 0. The minimum Gasteiger partial charge on any atom is -1.00 e. The average molecular weight is 279 g/mol. The number of hydrogen-bond acceptors (Lipinski definition) is 0. The molecule has 40 valence electrons. The smallest absolute Gasteiger partial charge is 1.00 e. The van der Waals surface area contributed by atoms with Crippen LogP contribution in [-0.2, 0) is 0 Å². The van der Waals surface area contributed by atoms with Gasteiger partial charge >= 0.3 is 27.9 Å². The first-order valence-electron chi connectivity index (χ1n) is 0.447. The Balaban J connectivity index is -0.000000000833. The molecule has 0 bridgehead atoms. The van der Waals surface area contributed by atoms with Gasteiger partial charge in [-0.05, 0) is 0 Å². The Morgan fingerprint density at radius 2 is 0.667 bits per heavy atom. The van der Waals surface area contributed by atoms with Gasteiger partial charge in [-0.2, -0.15) is 0 Å². The van der Waals surface area contributed by atoms with Gasteiger partial charge in [-0.3, -0.25) is 0 Å². The van der Waals surface area contributed by atoms with E-state index in [1.807, 2.05) is 0 Å². The molecule has 0 amide bonds. The van der Waals surface area contributed by atoms with Gasteiger partial charge in [0.15, 0.2) is 0 Å². The second-order valence-electron chi connectivity index (χ2n) is 0. The van der Waals surface area contributed by atoms with Crippen LogP contribution in [0.5, 0.6) is 0 Å². The summed E-state index contributed by atoms with van der Waals surface area (Å²) in [6.45, 7) is 0. The first kappa shape index (κ1) is 43.8. The van der Waals surface area contributed by atoms with Gasteiger partial charge in [0, 0.05) is 0 Å². The van der Waals surface area contributed by atoms with Crippen LogP contribution in [-0.4, -0.2) is 23.0 Å². The third kappa shape index (κ3) is 37.9. The largest absolute Gasteiger partial charge is 1.00 e. The van der Waals surface area contributed by atoms with Crippen molar-refractivity contribution in [2.45, 2.75) is 4.87 Å². The van der Waals surface area contributed by atoms with Gasteiger partial charge in [0.05, 0.1) is 0 Å². The van der Waals surface area contributed by atoms with Crippen LogP contribution in [0.3, 0.4) is 0 Å². The van der Waals surface area contributed by atoms with Crippen LogP contribution in [0.4, 0.5) is 0 Å². The summed E-state index contributed by atoms with van der Waals surface area (Å²) in [6, 6.07) is 0. The van der Waals surface area contributed by atoms with Crippen LogP contribution >= 0.6 is 0 Å². The molecule has 0 heterocycles. The molecule has 0 spiro atoms. The molecular weight excluding hydrogens is 276 g/mol. The third-order valence-electron chi connectivity index (χ3n) is 0. The third-order valence-corrected chi connectivity index (χ3v) is 0. The topological polar surface area (TPSA) is 0 Å². The molecule has 5 heteroatoms. The van der Waals surface area contributed by atoms with Crippen LogP contribution < -0.4 is 49.6 Å². The average Bonchev–Trinajstić information content (AvgIpc) is 1.00. The predicted octanol–water partition coefficient (Wildman–Crippen LogP) is -11.8. The van der Waals surface area contributed by atoms with Crippen molar-refractivity contribution in [2.75, 3.05) is 0 Å². The molecule has 0 unspecified atom stereocenters. The Labute approximate surface area is 77.0 Å². The summed E-state index contributed by atoms with van der Waals surface area (Å²) in [4.78, 5) is 2.05. The molecule has 0 saturated heterocycles. The van der Waals surface area contributed by atoms with Gasteiger partial charge in [-0.25, -0.2) is 0 Å². The second kappa shape index (κ2) is 63.7. The van der Waals surface area contributed by atoms with Crippen LogP contribution in [0.1, 0.15) is 0 Å². The van der Waals surface area contributed by atoms with Gasteiger partial charge in [0.25, 0.3) is 0 Å². The maximum atomic E-state index is 2.05. The molecule has 0 aliphatic rings. The zero-order valence-corrected chi connectivity index (χ0v) is 8.54. The van der Waals surface area contributed by atoms with E-state index in [9.17, 15) is 0 Å². The second-order valence-corrected chi connectivity index (χ2v) is 0. The SMILES string of the molecule is [CH3][Sb+4].[Cl-].[Cl-].[Cl-].[Cl-]. The predicted molar refractivity (Wildman–Crippen MR) is 11.6 cm³/mol. The van der Waals surface area contributed by atoms with Crippen molar-refractivity contribution in [1.29, 1.82) is 0 Å². The maximum Gasteiger partial charge on any atom is -1.00 e. The molecule has 0 saturated carbocycles. The Morgan fingerprint density at radius 1 is 0.667 bits per heavy atom. The van der Waals surface area contributed by atoms with Crippen molar-refractivity contribution in [1.82, 2.24) is 0 Å². The van der Waals surface area contributed by atoms with Gasteiger partial charge in [-0.1, -0.05) is 0 Å². The molecule has 6 heavy (non-hydrogen) atoms. The minimum absolute atomic E-state index is 0. The number of hydrogen-bond donors (Lipinski definition) is 0. The Hall–Kier alpha value is 1.98. The summed E-state index contributed by atoms with van der Waals surface area (Å²) in [5.41, 5.74) is 0. The van der Waals surface area contributed by atoms with E-state index in [1.54, 1.807) is 23.0 Å². The molecular formula is CH3Cl4Sb. The molecule has 0 nitrogen and oxygen atoms in total. The van der Waals surface area contributed by atoms with Crippen LogP contribution in [0.15, 0.2) is 0 Å². The number of rotatable bonds is 0. The van der Waals surface area contributed by atoms with E-state index in [0.717, 1.165) is 0 Å². The molecule has 0 aromatic carbocycles. The normalized spacial score (nSPS) is 1.17. The molecule has 0 N–H and O–H groups in total. The van der Waals surface area contributed by atoms with E-state index in [4.69, 9.17) is 0 Å². The molecule has 0 rings (SSSR count). The molecule has 0 atom stereocenters. The van der Waals surface area contributed by atoms with Gasteiger partial charge in [0.2, 0.25) is 0 Å². The zero-order chi connectivity index (χ0) is 2.00. The molecule has 0 aromatic rings. The summed E-state index contributed by atoms with van der Waals surface area (Å²) >= 11 is 1.75. The van der Waals surface area contributed by atoms with E-state index in [1.165, 1.54) is 0 Å². The fraction of sp³-hybridized carbons (Fsp3) is 1.00. The Morgan fingerprint density at radius 3 is 0.667 bits per heavy atom. The van der Waals surface area contributed by atoms with Crippen LogP contribution in [0.25, 0.3) is 0 Å². The maximum absolute atomic E-state index is 2.05. The molecule has 0 aliphatic heterocycles. The summed E-state index contributed by atoms with van der Waals surface area (Å²) in [5.74, 6) is 0. The standard InChI is InChI=1S/CH3.4ClH.Sb/h1H3;4*1H;/q;;;;;+4/p-4. The monoisotopic (exact) mass is 276 g/mol. The molecule has 0 radical (unpaired) electrons. The van der Waals surface area contributed by atoms with Crippen molar-refractivity contribution >= 4 is 23.0 Å². The summed E-state index contributed by atoms with van der Waals surface area (Å²) < 4.78 is 0. The first-order chi connectivity index (χ1) is 1.00. The van der Waals surface area contributed by atoms with Crippen LogP contribution in [0, 0.1) is 0 Å². The quantitative estimate of drug-likeness (QED) is 0.386. The van der Waals surface area contributed by atoms with Crippen molar-refractivity contribution in [3.05, 3.63) is 0 Å². The van der Waals surface area contributed by atoms with Crippen LogP contribution in [0.2, 0.25) is 4.87 Å². The van der Waals surface area contributed by atoms with E-state index in [0.29, 0.717) is 0 Å². The van der Waals surface area contributed by atoms with E-state index < -0.39 is 0 Å². The van der Waals surface area contributed by atoms with Crippen molar-refractivity contribution < 1.29 is 49.6 Å². The van der Waals surface area contributed by atoms with Crippen molar-refractivity contribution in [3.8, 4) is 0 Å². The van der Waals surface area contributed by atoms with Gasteiger partial charge in [-0.15, -0.1) is 0 Å². The summed E-state index contributed by atoms with van der Waals surface area (Å²) in [6.07, 6.45) is 0. The first-order valence-corrected chi connectivity index (χ1v) is 3.00. The van der Waals surface area contributed by atoms with Crippen molar-refractivity contribution in [3.63, 3.8) is 0 Å². The molecule has 0 aromatic heterocycles. The van der Waals surface area contributed by atoms with Gasteiger partial charge in [0.1, 0.15) is 0 Å². The molecule has 0 fully saturated rings. The van der Waals surface area contributed by atoms with Crippen molar-refractivity contribution in [2.24, 2.45) is 0 Å². The van der Waals surface area contributed by atoms with Gasteiger partial charge < -0.3 is 49.6 Å². The Bertz CT molecular complexity index is 7.51. The van der Waals surface area contributed by atoms with E-state index in [2.05, 4.69) is 4.87 Å². The summed E-state index contributed by atoms with van der Waals surface area (Å²) in [7, 11) is 0. The molecule has 0 aliphatic carbocycles. The number of halogens is 4. The zero-order valence-electron chi connectivity index (χ0n) is 2.96. The fourth-order valence-electron chi connectivity index (χ4n) is 0. The Kier molecular flexibility index (Phi) is 465. The minimum atomic E-state index is 0.